The number of benzene rings is 2. The van der Waals surface area contributed by atoms with Crippen LogP contribution in [-0.2, 0) is 10.5 Å². The Bertz CT molecular complexity index is 656. The van der Waals surface area contributed by atoms with E-state index in [1.807, 2.05) is 36.0 Å². The SMILES string of the molecule is COc1ccc(OCCCC(=O)NCCSCc2ccc(C)cc2)cc1. The van der Waals surface area contributed by atoms with Crippen molar-refractivity contribution >= 4 is 17.7 Å². The molecule has 4 nitrogen and oxygen atoms in total. The van der Waals surface area contributed by atoms with Gasteiger partial charge in [-0.25, -0.2) is 0 Å². The molecule has 0 bridgehead atoms. The lowest BCUT2D eigenvalue weighted by molar-refractivity contribution is -0.121. The molecule has 26 heavy (non-hydrogen) atoms. The third-order valence-corrected chi connectivity index (χ3v) is 4.86. The summed E-state index contributed by atoms with van der Waals surface area (Å²) in [4.78, 5) is 11.8. The average Bonchev–Trinajstić information content (AvgIpc) is 2.67. The molecule has 0 saturated carbocycles. The fourth-order valence-corrected chi connectivity index (χ4v) is 3.14. The van der Waals surface area contributed by atoms with Crippen molar-refractivity contribution in [1.82, 2.24) is 5.32 Å². The second kappa shape index (κ2) is 11.5. The van der Waals surface area contributed by atoms with E-state index in [1.165, 1.54) is 11.1 Å². The van der Waals surface area contributed by atoms with Gasteiger partial charge in [0.25, 0.3) is 0 Å². The van der Waals surface area contributed by atoms with Crippen molar-refractivity contribution < 1.29 is 14.3 Å². The molecular formula is C21H27NO3S. The van der Waals surface area contributed by atoms with Gasteiger partial charge in [-0.1, -0.05) is 29.8 Å². The Morgan fingerprint density at radius 1 is 1.04 bits per heavy atom. The molecule has 2 aromatic carbocycles. The monoisotopic (exact) mass is 373 g/mol. The van der Waals surface area contributed by atoms with Crippen LogP contribution in [0.25, 0.3) is 0 Å². The van der Waals surface area contributed by atoms with E-state index in [1.54, 1.807) is 7.11 Å². The van der Waals surface area contributed by atoms with Crippen LogP contribution in [0, 0.1) is 6.92 Å². The van der Waals surface area contributed by atoms with Gasteiger partial charge < -0.3 is 14.8 Å². The lowest BCUT2D eigenvalue weighted by Crippen LogP contribution is -2.25. The van der Waals surface area contributed by atoms with E-state index >= 15 is 0 Å². The number of hydrogen-bond donors (Lipinski definition) is 1. The minimum Gasteiger partial charge on any atom is -0.497 e. The van der Waals surface area contributed by atoms with Crippen LogP contribution < -0.4 is 14.8 Å². The van der Waals surface area contributed by atoms with E-state index in [4.69, 9.17) is 9.47 Å². The predicted molar refractivity (Wildman–Crippen MR) is 108 cm³/mol. The van der Waals surface area contributed by atoms with Crippen LogP contribution in [0.15, 0.2) is 48.5 Å². The largest absolute Gasteiger partial charge is 0.497 e. The molecule has 0 aliphatic rings. The zero-order chi connectivity index (χ0) is 18.6. The third kappa shape index (κ3) is 7.83. The topological polar surface area (TPSA) is 47.6 Å². The summed E-state index contributed by atoms with van der Waals surface area (Å²) in [6.45, 7) is 3.32. The molecule has 1 amide bonds. The number of aryl methyl sites for hydroxylation is 1. The smallest absolute Gasteiger partial charge is 0.220 e. The van der Waals surface area contributed by atoms with Gasteiger partial charge in [0.2, 0.25) is 5.91 Å². The molecule has 1 N–H and O–H groups in total. The fraction of sp³-hybridized carbons (Fsp3) is 0.381. The van der Waals surface area contributed by atoms with Crippen molar-refractivity contribution in [3.05, 3.63) is 59.7 Å². The Hall–Kier alpha value is -2.14. The van der Waals surface area contributed by atoms with Gasteiger partial charge in [0.05, 0.1) is 13.7 Å². The minimum absolute atomic E-state index is 0.0827. The highest BCUT2D eigenvalue weighted by molar-refractivity contribution is 7.98. The summed E-state index contributed by atoms with van der Waals surface area (Å²) in [5.41, 5.74) is 2.60. The second-order valence-electron chi connectivity index (χ2n) is 6.02. The van der Waals surface area contributed by atoms with E-state index < -0.39 is 0 Å². The molecule has 0 atom stereocenters. The normalized spacial score (nSPS) is 10.4. The van der Waals surface area contributed by atoms with Gasteiger partial charge in [0, 0.05) is 24.5 Å². The summed E-state index contributed by atoms with van der Waals surface area (Å²) in [5.74, 6) is 3.57. The molecule has 0 spiro atoms. The molecule has 0 aliphatic heterocycles. The summed E-state index contributed by atoms with van der Waals surface area (Å²) in [7, 11) is 1.63. The number of ether oxygens (including phenoxy) is 2. The first-order valence-electron chi connectivity index (χ1n) is 8.84. The fourth-order valence-electron chi connectivity index (χ4n) is 2.32. The van der Waals surface area contributed by atoms with Gasteiger partial charge in [0.1, 0.15) is 11.5 Å². The molecule has 0 fully saturated rings. The van der Waals surface area contributed by atoms with Crippen molar-refractivity contribution in [3.8, 4) is 11.5 Å². The minimum atomic E-state index is 0.0827. The van der Waals surface area contributed by atoms with Gasteiger partial charge in [-0.3, -0.25) is 4.79 Å². The summed E-state index contributed by atoms with van der Waals surface area (Å²) < 4.78 is 10.7. The van der Waals surface area contributed by atoms with E-state index in [-0.39, 0.29) is 5.91 Å². The standard InChI is InChI=1S/C21H27NO3S/c1-17-5-7-18(8-6-17)16-26-15-13-22-21(23)4-3-14-25-20-11-9-19(24-2)10-12-20/h5-12H,3-4,13-16H2,1-2H3,(H,22,23). The Morgan fingerprint density at radius 2 is 1.73 bits per heavy atom. The number of methoxy groups -OCH3 is 1. The zero-order valence-electron chi connectivity index (χ0n) is 15.5. The lowest BCUT2D eigenvalue weighted by atomic mass is 10.2. The zero-order valence-corrected chi connectivity index (χ0v) is 16.3. The van der Waals surface area contributed by atoms with Crippen LogP contribution in [0.4, 0.5) is 0 Å². The van der Waals surface area contributed by atoms with Gasteiger partial charge in [-0.2, -0.15) is 11.8 Å². The Balaban J connectivity index is 1.48. The summed E-state index contributed by atoms with van der Waals surface area (Å²) >= 11 is 1.83. The van der Waals surface area contributed by atoms with Crippen LogP contribution in [0.2, 0.25) is 0 Å². The van der Waals surface area contributed by atoms with Crippen LogP contribution >= 0.6 is 11.8 Å². The van der Waals surface area contributed by atoms with Crippen LogP contribution in [0.3, 0.4) is 0 Å². The molecule has 0 heterocycles. The first-order chi connectivity index (χ1) is 12.7. The van der Waals surface area contributed by atoms with Crippen LogP contribution in [0.5, 0.6) is 11.5 Å². The molecule has 0 unspecified atom stereocenters. The Morgan fingerprint density at radius 3 is 2.42 bits per heavy atom. The van der Waals surface area contributed by atoms with Crippen LogP contribution in [0.1, 0.15) is 24.0 Å². The van der Waals surface area contributed by atoms with Gasteiger partial charge >= 0.3 is 0 Å². The number of nitrogens with one attached hydrogen (secondary N) is 1. The highest BCUT2D eigenvalue weighted by Crippen LogP contribution is 2.17. The van der Waals surface area contributed by atoms with Crippen molar-refractivity contribution in [2.75, 3.05) is 26.0 Å². The van der Waals surface area contributed by atoms with E-state index in [0.29, 0.717) is 26.0 Å². The molecule has 5 heteroatoms. The van der Waals surface area contributed by atoms with Crippen molar-refractivity contribution in [3.63, 3.8) is 0 Å². The summed E-state index contributed by atoms with van der Waals surface area (Å²) in [6.07, 6.45) is 1.19. The molecule has 2 rings (SSSR count). The third-order valence-electron chi connectivity index (χ3n) is 3.83. The summed E-state index contributed by atoms with van der Waals surface area (Å²) in [5, 5.41) is 2.96. The highest BCUT2D eigenvalue weighted by atomic mass is 32.2. The Kier molecular flexibility index (Phi) is 8.90. The maximum Gasteiger partial charge on any atom is 0.220 e. The molecule has 0 saturated heterocycles. The lowest BCUT2D eigenvalue weighted by Gasteiger charge is -2.08. The van der Waals surface area contributed by atoms with Gasteiger partial charge in [-0.15, -0.1) is 0 Å². The molecule has 0 aliphatic carbocycles. The van der Waals surface area contributed by atoms with Crippen molar-refractivity contribution in [1.29, 1.82) is 0 Å². The van der Waals surface area contributed by atoms with E-state index in [2.05, 4.69) is 36.5 Å². The molecule has 0 radical (unpaired) electrons. The van der Waals surface area contributed by atoms with E-state index in [9.17, 15) is 4.79 Å². The average molecular weight is 374 g/mol. The molecule has 140 valence electrons. The molecule has 0 aromatic heterocycles. The van der Waals surface area contributed by atoms with Gasteiger partial charge in [-0.05, 0) is 43.2 Å². The van der Waals surface area contributed by atoms with Gasteiger partial charge in [0.15, 0.2) is 0 Å². The first kappa shape index (κ1) is 20.2. The van der Waals surface area contributed by atoms with Crippen molar-refractivity contribution in [2.45, 2.75) is 25.5 Å². The van der Waals surface area contributed by atoms with Crippen LogP contribution in [-0.4, -0.2) is 31.9 Å². The predicted octanol–water partition coefficient (Wildman–Crippen LogP) is 4.21. The maximum atomic E-state index is 11.8. The quantitative estimate of drug-likeness (QED) is 0.599. The number of hydrogen-bond acceptors (Lipinski definition) is 4. The van der Waals surface area contributed by atoms with Crippen molar-refractivity contribution in [2.24, 2.45) is 0 Å². The first-order valence-corrected chi connectivity index (χ1v) is 9.99. The second-order valence-corrected chi connectivity index (χ2v) is 7.12. The molecule has 2 aromatic rings. The highest BCUT2D eigenvalue weighted by Gasteiger charge is 2.02. The maximum absolute atomic E-state index is 11.8. The number of amides is 1. The number of carbonyl (C=O) groups excluding carboxylic acids is 1. The summed E-state index contributed by atoms with van der Waals surface area (Å²) in [6, 6.07) is 16.0. The Labute approximate surface area is 160 Å². The molecular weight excluding hydrogens is 346 g/mol. The number of carbonyl (C=O) groups is 1. The number of rotatable bonds is 11. The van der Waals surface area contributed by atoms with E-state index in [0.717, 1.165) is 23.0 Å². The number of thioether (sulfide) groups is 1.